The fourth-order valence-corrected chi connectivity index (χ4v) is 1.61. The summed E-state index contributed by atoms with van der Waals surface area (Å²) in [6, 6.07) is 8.17. The largest absolute Gasteiger partial charge is 0.465 e. The van der Waals surface area contributed by atoms with E-state index in [9.17, 15) is 9.59 Å². The Morgan fingerprint density at radius 3 is 2.47 bits per heavy atom. The van der Waals surface area contributed by atoms with Crippen molar-refractivity contribution in [3.63, 3.8) is 0 Å². The SMILES string of the molecule is CCCCC(=O)C(NC(=O)O)c1ccccc1. The van der Waals surface area contributed by atoms with Crippen molar-refractivity contribution in [2.45, 2.75) is 32.2 Å². The predicted molar refractivity (Wildman–Crippen MR) is 64.9 cm³/mol. The number of hydrogen-bond donors (Lipinski definition) is 2. The Labute approximate surface area is 101 Å². The lowest BCUT2D eigenvalue weighted by molar-refractivity contribution is -0.121. The molecule has 0 aliphatic rings. The molecule has 1 atom stereocenters. The summed E-state index contributed by atoms with van der Waals surface area (Å²) in [6.07, 6.45) is 0.920. The van der Waals surface area contributed by atoms with Crippen LogP contribution in [-0.2, 0) is 4.79 Å². The summed E-state index contributed by atoms with van der Waals surface area (Å²) < 4.78 is 0. The first-order chi connectivity index (χ1) is 8.15. The molecule has 1 aromatic rings. The molecule has 0 saturated carbocycles. The van der Waals surface area contributed by atoms with Crippen LogP contribution in [-0.4, -0.2) is 17.0 Å². The van der Waals surface area contributed by atoms with E-state index in [1.54, 1.807) is 24.3 Å². The summed E-state index contributed by atoms with van der Waals surface area (Å²) in [5.74, 6) is -0.0829. The van der Waals surface area contributed by atoms with Crippen LogP contribution in [0.25, 0.3) is 0 Å². The highest BCUT2D eigenvalue weighted by atomic mass is 16.4. The van der Waals surface area contributed by atoms with Gasteiger partial charge in [0.25, 0.3) is 0 Å². The molecule has 0 bridgehead atoms. The molecule has 0 fully saturated rings. The van der Waals surface area contributed by atoms with E-state index in [0.29, 0.717) is 12.0 Å². The highest BCUT2D eigenvalue weighted by molar-refractivity contribution is 5.88. The Morgan fingerprint density at radius 2 is 1.94 bits per heavy atom. The molecule has 0 spiro atoms. The molecule has 0 saturated heterocycles. The second-order valence-corrected chi connectivity index (χ2v) is 3.86. The molecule has 1 amide bonds. The lowest BCUT2D eigenvalue weighted by Gasteiger charge is -2.15. The van der Waals surface area contributed by atoms with E-state index in [4.69, 9.17) is 5.11 Å². The minimum Gasteiger partial charge on any atom is -0.465 e. The first-order valence-electron chi connectivity index (χ1n) is 5.72. The number of amides is 1. The van der Waals surface area contributed by atoms with E-state index in [1.165, 1.54) is 0 Å². The number of Topliss-reactive ketones (excluding diaryl/α,β-unsaturated/α-hetero) is 1. The maximum absolute atomic E-state index is 11.9. The van der Waals surface area contributed by atoms with Crippen molar-refractivity contribution in [2.24, 2.45) is 0 Å². The Hall–Kier alpha value is -1.84. The van der Waals surface area contributed by atoms with Gasteiger partial charge in [-0.25, -0.2) is 4.79 Å². The van der Waals surface area contributed by atoms with Gasteiger partial charge in [-0.05, 0) is 12.0 Å². The number of nitrogens with one attached hydrogen (secondary N) is 1. The summed E-state index contributed by atoms with van der Waals surface area (Å²) >= 11 is 0. The second kappa shape index (κ2) is 6.68. The first kappa shape index (κ1) is 13.2. The first-order valence-corrected chi connectivity index (χ1v) is 5.72. The van der Waals surface area contributed by atoms with Gasteiger partial charge in [0, 0.05) is 6.42 Å². The van der Waals surface area contributed by atoms with Crippen molar-refractivity contribution in [2.75, 3.05) is 0 Å². The molecule has 1 aromatic carbocycles. The van der Waals surface area contributed by atoms with Gasteiger partial charge in [-0.15, -0.1) is 0 Å². The van der Waals surface area contributed by atoms with Crippen molar-refractivity contribution in [3.05, 3.63) is 35.9 Å². The van der Waals surface area contributed by atoms with Crippen molar-refractivity contribution in [1.29, 1.82) is 0 Å². The summed E-state index contributed by atoms with van der Waals surface area (Å²) in [4.78, 5) is 22.6. The van der Waals surface area contributed by atoms with Crippen LogP contribution in [0.4, 0.5) is 4.79 Å². The maximum atomic E-state index is 11.9. The van der Waals surface area contributed by atoms with E-state index in [1.807, 2.05) is 13.0 Å². The lowest BCUT2D eigenvalue weighted by atomic mass is 9.99. The maximum Gasteiger partial charge on any atom is 0.405 e. The number of carboxylic acid groups (broad SMARTS) is 1. The highest BCUT2D eigenvalue weighted by Crippen LogP contribution is 2.16. The predicted octanol–water partition coefficient (Wildman–Crippen LogP) is 2.75. The fourth-order valence-electron chi connectivity index (χ4n) is 1.61. The van der Waals surface area contributed by atoms with Crippen molar-refractivity contribution < 1.29 is 14.7 Å². The number of carbonyl (C=O) groups is 2. The van der Waals surface area contributed by atoms with E-state index >= 15 is 0 Å². The molecule has 0 aliphatic heterocycles. The normalized spacial score (nSPS) is 11.8. The van der Waals surface area contributed by atoms with Gasteiger partial charge in [0.2, 0.25) is 0 Å². The Kier molecular flexibility index (Phi) is 5.20. The smallest absolute Gasteiger partial charge is 0.405 e. The third-order valence-corrected chi connectivity index (χ3v) is 2.50. The number of ketones is 1. The summed E-state index contributed by atoms with van der Waals surface area (Å²) in [5.41, 5.74) is 0.691. The zero-order chi connectivity index (χ0) is 12.7. The van der Waals surface area contributed by atoms with E-state index in [0.717, 1.165) is 12.8 Å². The number of rotatable bonds is 6. The Balaban J connectivity index is 2.80. The molecule has 1 rings (SSSR count). The number of benzene rings is 1. The van der Waals surface area contributed by atoms with Crippen molar-refractivity contribution in [3.8, 4) is 0 Å². The molecule has 92 valence electrons. The Morgan fingerprint density at radius 1 is 1.29 bits per heavy atom. The summed E-state index contributed by atoms with van der Waals surface area (Å²) in [6.45, 7) is 2.00. The summed E-state index contributed by atoms with van der Waals surface area (Å²) in [5, 5.41) is 11.0. The molecule has 0 radical (unpaired) electrons. The van der Waals surface area contributed by atoms with Crippen LogP contribution < -0.4 is 5.32 Å². The monoisotopic (exact) mass is 235 g/mol. The third kappa shape index (κ3) is 4.26. The zero-order valence-electron chi connectivity index (χ0n) is 9.85. The third-order valence-electron chi connectivity index (χ3n) is 2.50. The van der Waals surface area contributed by atoms with Gasteiger partial charge in [0.15, 0.2) is 5.78 Å². The Bertz CT molecular complexity index is 376. The average molecular weight is 235 g/mol. The molecule has 4 heteroatoms. The average Bonchev–Trinajstić information content (AvgIpc) is 2.34. The number of carbonyl (C=O) groups excluding carboxylic acids is 1. The molecular formula is C13H17NO3. The van der Waals surface area contributed by atoms with Gasteiger partial charge in [-0.3, -0.25) is 4.79 Å². The van der Waals surface area contributed by atoms with Crippen LogP contribution >= 0.6 is 0 Å². The van der Waals surface area contributed by atoms with Crippen molar-refractivity contribution in [1.82, 2.24) is 5.32 Å². The molecule has 4 nitrogen and oxygen atoms in total. The van der Waals surface area contributed by atoms with Crippen molar-refractivity contribution >= 4 is 11.9 Å². The van der Waals surface area contributed by atoms with Gasteiger partial charge < -0.3 is 10.4 Å². The van der Waals surface area contributed by atoms with Crippen LogP contribution in [0.5, 0.6) is 0 Å². The topological polar surface area (TPSA) is 66.4 Å². The standard InChI is InChI=1S/C13H17NO3/c1-2-3-9-11(15)12(14-13(16)17)10-7-5-4-6-8-10/h4-8,12,14H,2-3,9H2,1H3,(H,16,17). The number of unbranched alkanes of at least 4 members (excludes halogenated alkanes) is 1. The molecule has 17 heavy (non-hydrogen) atoms. The summed E-state index contributed by atoms with van der Waals surface area (Å²) in [7, 11) is 0. The van der Waals surface area contributed by atoms with Gasteiger partial charge in [0.05, 0.1) is 0 Å². The minimum absolute atomic E-state index is 0.0829. The quantitative estimate of drug-likeness (QED) is 0.796. The molecule has 0 aromatic heterocycles. The van der Waals surface area contributed by atoms with Crippen LogP contribution in [0.1, 0.15) is 37.8 Å². The highest BCUT2D eigenvalue weighted by Gasteiger charge is 2.21. The molecule has 0 aliphatic carbocycles. The molecule has 2 N–H and O–H groups in total. The van der Waals surface area contributed by atoms with E-state index in [2.05, 4.69) is 5.32 Å². The second-order valence-electron chi connectivity index (χ2n) is 3.86. The lowest BCUT2D eigenvalue weighted by Crippen LogP contribution is -2.32. The van der Waals surface area contributed by atoms with Gasteiger partial charge in [-0.2, -0.15) is 0 Å². The van der Waals surface area contributed by atoms with Gasteiger partial charge >= 0.3 is 6.09 Å². The van der Waals surface area contributed by atoms with Crippen LogP contribution in [0, 0.1) is 0 Å². The fraction of sp³-hybridized carbons (Fsp3) is 0.385. The molecular weight excluding hydrogens is 218 g/mol. The van der Waals surface area contributed by atoms with Gasteiger partial charge in [0.1, 0.15) is 6.04 Å². The van der Waals surface area contributed by atoms with E-state index < -0.39 is 12.1 Å². The van der Waals surface area contributed by atoms with Crippen LogP contribution in [0.15, 0.2) is 30.3 Å². The zero-order valence-corrected chi connectivity index (χ0v) is 9.85. The van der Waals surface area contributed by atoms with Crippen LogP contribution in [0.3, 0.4) is 0 Å². The molecule has 1 unspecified atom stereocenters. The van der Waals surface area contributed by atoms with E-state index in [-0.39, 0.29) is 5.78 Å². The number of hydrogen-bond acceptors (Lipinski definition) is 2. The van der Waals surface area contributed by atoms with Crippen LogP contribution in [0.2, 0.25) is 0 Å². The minimum atomic E-state index is -1.18. The van der Waals surface area contributed by atoms with Gasteiger partial charge in [-0.1, -0.05) is 43.7 Å². The molecule has 0 heterocycles.